The molecule has 0 radical (unpaired) electrons. The lowest BCUT2D eigenvalue weighted by Crippen LogP contribution is -2.32. The summed E-state index contributed by atoms with van der Waals surface area (Å²) < 4.78 is 5.08. The van der Waals surface area contributed by atoms with Gasteiger partial charge in [0.2, 0.25) is 0 Å². The SMILES string of the molecule is Cc1noc(C)c1CN1C(=O)N[C@H](Cc2ccccc2)C1=O. The van der Waals surface area contributed by atoms with Gasteiger partial charge in [0.15, 0.2) is 0 Å². The van der Waals surface area contributed by atoms with Gasteiger partial charge in [-0.3, -0.25) is 9.69 Å². The summed E-state index contributed by atoms with van der Waals surface area (Å²) in [7, 11) is 0. The van der Waals surface area contributed by atoms with E-state index in [0.29, 0.717) is 17.9 Å². The molecular weight excluding hydrogens is 282 g/mol. The van der Waals surface area contributed by atoms with Gasteiger partial charge < -0.3 is 9.84 Å². The molecule has 1 aliphatic rings. The molecule has 0 saturated carbocycles. The number of carbonyl (C=O) groups is 2. The first-order valence-corrected chi connectivity index (χ1v) is 7.14. The molecule has 1 N–H and O–H groups in total. The highest BCUT2D eigenvalue weighted by atomic mass is 16.5. The Kier molecular flexibility index (Phi) is 3.66. The van der Waals surface area contributed by atoms with E-state index in [1.54, 1.807) is 13.8 Å². The predicted octanol–water partition coefficient (Wildman–Crippen LogP) is 1.95. The van der Waals surface area contributed by atoms with E-state index in [1.165, 1.54) is 4.90 Å². The van der Waals surface area contributed by atoms with Gasteiger partial charge in [-0.1, -0.05) is 35.5 Å². The first-order chi connectivity index (χ1) is 10.6. The molecule has 0 bridgehead atoms. The summed E-state index contributed by atoms with van der Waals surface area (Å²) in [6.45, 7) is 3.76. The van der Waals surface area contributed by atoms with Crippen molar-refractivity contribution in [2.75, 3.05) is 0 Å². The van der Waals surface area contributed by atoms with Crippen molar-refractivity contribution in [3.8, 4) is 0 Å². The zero-order chi connectivity index (χ0) is 15.7. The van der Waals surface area contributed by atoms with Crippen LogP contribution >= 0.6 is 0 Å². The molecule has 3 rings (SSSR count). The summed E-state index contributed by atoms with van der Waals surface area (Å²) in [5, 5.41) is 6.59. The second kappa shape index (κ2) is 5.63. The quantitative estimate of drug-likeness (QED) is 0.876. The monoisotopic (exact) mass is 299 g/mol. The van der Waals surface area contributed by atoms with Gasteiger partial charge >= 0.3 is 6.03 Å². The molecule has 6 heteroatoms. The maximum Gasteiger partial charge on any atom is 0.325 e. The maximum absolute atomic E-state index is 12.5. The van der Waals surface area contributed by atoms with Crippen LogP contribution < -0.4 is 5.32 Å². The summed E-state index contributed by atoms with van der Waals surface area (Å²) in [5.41, 5.74) is 2.49. The van der Waals surface area contributed by atoms with Crippen LogP contribution in [-0.4, -0.2) is 28.0 Å². The number of hydrogen-bond donors (Lipinski definition) is 1. The molecule has 1 fully saturated rings. The number of imide groups is 1. The van der Waals surface area contributed by atoms with Crippen LogP contribution in [0.15, 0.2) is 34.9 Å². The first kappa shape index (κ1) is 14.3. The molecule has 1 saturated heterocycles. The van der Waals surface area contributed by atoms with Crippen LogP contribution in [0.3, 0.4) is 0 Å². The lowest BCUT2D eigenvalue weighted by molar-refractivity contribution is -0.127. The third-order valence-electron chi connectivity index (χ3n) is 3.89. The summed E-state index contributed by atoms with van der Waals surface area (Å²) >= 11 is 0. The molecule has 1 aromatic heterocycles. The topological polar surface area (TPSA) is 75.4 Å². The highest BCUT2D eigenvalue weighted by molar-refractivity contribution is 6.04. The predicted molar refractivity (Wildman–Crippen MR) is 79.0 cm³/mol. The Labute approximate surface area is 128 Å². The molecular formula is C16H17N3O3. The van der Waals surface area contributed by atoms with Crippen molar-refractivity contribution in [2.24, 2.45) is 0 Å². The van der Waals surface area contributed by atoms with Crippen LogP contribution in [0.4, 0.5) is 4.79 Å². The molecule has 1 atom stereocenters. The van der Waals surface area contributed by atoms with E-state index in [1.807, 2.05) is 30.3 Å². The molecule has 114 valence electrons. The van der Waals surface area contributed by atoms with Gasteiger partial charge in [0.25, 0.3) is 5.91 Å². The lowest BCUT2D eigenvalue weighted by Gasteiger charge is -2.12. The van der Waals surface area contributed by atoms with E-state index >= 15 is 0 Å². The van der Waals surface area contributed by atoms with Crippen LogP contribution in [0.5, 0.6) is 0 Å². The average Bonchev–Trinajstić information content (AvgIpc) is 2.96. The lowest BCUT2D eigenvalue weighted by atomic mass is 10.1. The highest BCUT2D eigenvalue weighted by Gasteiger charge is 2.38. The number of rotatable bonds is 4. The summed E-state index contributed by atoms with van der Waals surface area (Å²) in [6, 6.07) is 8.74. The van der Waals surface area contributed by atoms with Crippen LogP contribution in [0.2, 0.25) is 0 Å². The molecule has 2 heterocycles. The number of nitrogens with one attached hydrogen (secondary N) is 1. The zero-order valence-corrected chi connectivity index (χ0v) is 12.5. The van der Waals surface area contributed by atoms with Crippen LogP contribution in [-0.2, 0) is 17.8 Å². The second-order valence-electron chi connectivity index (χ2n) is 5.42. The van der Waals surface area contributed by atoms with Gasteiger partial charge in [0.05, 0.1) is 12.2 Å². The van der Waals surface area contributed by atoms with Crippen LogP contribution in [0, 0.1) is 13.8 Å². The molecule has 22 heavy (non-hydrogen) atoms. The fourth-order valence-electron chi connectivity index (χ4n) is 2.60. The van der Waals surface area contributed by atoms with E-state index in [4.69, 9.17) is 4.52 Å². The fraction of sp³-hybridized carbons (Fsp3) is 0.312. The van der Waals surface area contributed by atoms with Gasteiger partial charge in [0, 0.05) is 12.0 Å². The van der Waals surface area contributed by atoms with E-state index in [2.05, 4.69) is 10.5 Å². The smallest absolute Gasteiger partial charge is 0.325 e. The number of aryl methyl sites for hydroxylation is 2. The minimum absolute atomic E-state index is 0.192. The Morgan fingerprint density at radius 2 is 1.95 bits per heavy atom. The maximum atomic E-state index is 12.5. The van der Waals surface area contributed by atoms with Gasteiger partial charge in [-0.25, -0.2) is 4.79 Å². The molecule has 0 aliphatic carbocycles. The Bertz CT molecular complexity index is 689. The van der Waals surface area contributed by atoms with E-state index in [9.17, 15) is 9.59 Å². The number of carbonyl (C=O) groups excluding carboxylic acids is 2. The first-order valence-electron chi connectivity index (χ1n) is 7.14. The Hall–Kier alpha value is -2.63. The molecule has 3 amide bonds. The standard InChI is InChI=1S/C16H17N3O3/c1-10-13(11(2)22-18-10)9-19-15(20)14(17-16(19)21)8-12-6-4-3-5-7-12/h3-7,14H,8-9H2,1-2H3,(H,17,21)/t14-/m1/s1. The van der Waals surface area contributed by atoms with Crippen molar-refractivity contribution in [3.63, 3.8) is 0 Å². The summed E-state index contributed by atoms with van der Waals surface area (Å²) in [5.74, 6) is 0.415. The second-order valence-corrected chi connectivity index (χ2v) is 5.42. The molecule has 6 nitrogen and oxygen atoms in total. The van der Waals surface area contributed by atoms with Crippen molar-refractivity contribution in [1.82, 2.24) is 15.4 Å². The average molecular weight is 299 g/mol. The molecule has 0 spiro atoms. The van der Waals surface area contributed by atoms with Gasteiger partial charge in [-0.05, 0) is 19.4 Å². The number of benzene rings is 1. The van der Waals surface area contributed by atoms with Gasteiger partial charge in [-0.15, -0.1) is 0 Å². The highest BCUT2D eigenvalue weighted by Crippen LogP contribution is 2.19. The fourth-order valence-corrected chi connectivity index (χ4v) is 2.60. The largest absolute Gasteiger partial charge is 0.361 e. The number of nitrogens with zero attached hydrogens (tertiary/aromatic N) is 2. The summed E-state index contributed by atoms with van der Waals surface area (Å²) in [6.07, 6.45) is 0.490. The number of urea groups is 1. The van der Waals surface area contributed by atoms with E-state index < -0.39 is 6.04 Å². The van der Waals surface area contributed by atoms with Gasteiger partial charge in [-0.2, -0.15) is 0 Å². The number of hydrogen-bond acceptors (Lipinski definition) is 4. The van der Waals surface area contributed by atoms with Crippen molar-refractivity contribution < 1.29 is 14.1 Å². The number of aromatic nitrogens is 1. The molecule has 2 aromatic rings. The normalized spacial score (nSPS) is 17.9. The van der Waals surface area contributed by atoms with Crippen molar-refractivity contribution in [2.45, 2.75) is 32.9 Å². The minimum atomic E-state index is -0.518. The van der Waals surface area contributed by atoms with E-state index in [0.717, 1.165) is 11.1 Å². The minimum Gasteiger partial charge on any atom is -0.361 e. The molecule has 0 unspecified atom stereocenters. The summed E-state index contributed by atoms with van der Waals surface area (Å²) in [4.78, 5) is 25.8. The Morgan fingerprint density at radius 3 is 2.59 bits per heavy atom. The number of amides is 3. The van der Waals surface area contributed by atoms with Crippen molar-refractivity contribution >= 4 is 11.9 Å². The van der Waals surface area contributed by atoms with Gasteiger partial charge in [0.1, 0.15) is 11.8 Å². The zero-order valence-electron chi connectivity index (χ0n) is 12.5. The Morgan fingerprint density at radius 1 is 1.23 bits per heavy atom. The van der Waals surface area contributed by atoms with Crippen molar-refractivity contribution in [1.29, 1.82) is 0 Å². The molecule has 1 aliphatic heterocycles. The van der Waals surface area contributed by atoms with Crippen LogP contribution in [0.1, 0.15) is 22.6 Å². The van der Waals surface area contributed by atoms with Crippen LogP contribution in [0.25, 0.3) is 0 Å². The van der Waals surface area contributed by atoms with E-state index in [-0.39, 0.29) is 18.5 Å². The molecule has 1 aromatic carbocycles. The Balaban J connectivity index is 1.74. The van der Waals surface area contributed by atoms with Crippen molar-refractivity contribution in [3.05, 3.63) is 52.9 Å². The third-order valence-corrected chi connectivity index (χ3v) is 3.89. The third kappa shape index (κ3) is 2.59.